The number of halogens is 1. The van der Waals surface area contributed by atoms with Crippen LogP contribution in [0.4, 0.5) is 0 Å². The van der Waals surface area contributed by atoms with Gasteiger partial charge in [-0.2, -0.15) is 4.72 Å². The molecule has 1 rings (SSSR count). The van der Waals surface area contributed by atoms with Gasteiger partial charge in [0.05, 0.1) is 10.9 Å². The first-order chi connectivity index (χ1) is 8.27. The van der Waals surface area contributed by atoms with Crippen molar-refractivity contribution >= 4 is 31.9 Å². The van der Waals surface area contributed by atoms with Crippen molar-refractivity contribution in [1.82, 2.24) is 10.0 Å². The van der Waals surface area contributed by atoms with Crippen LogP contribution in [0.1, 0.15) is 12.5 Å². The minimum absolute atomic E-state index is 0.168. The molecular weight excluding hydrogens is 320 g/mol. The predicted molar refractivity (Wildman–Crippen MR) is 72.7 cm³/mol. The summed E-state index contributed by atoms with van der Waals surface area (Å²) in [7, 11) is -2.24. The number of amides is 1. The highest BCUT2D eigenvalue weighted by atomic mass is 79.9. The maximum atomic E-state index is 12.1. The Kier molecular flexibility index (Phi) is 4.89. The second-order valence-electron chi connectivity index (χ2n) is 3.87. The van der Waals surface area contributed by atoms with Gasteiger partial charge >= 0.3 is 0 Å². The molecule has 1 aromatic carbocycles. The van der Waals surface area contributed by atoms with Gasteiger partial charge in [-0.25, -0.2) is 8.42 Å². The summed E-state index contributed by atoms with van der Waals surface area (Å²) in [5.41, 5.74) is 0.612. The number of benzene rings is 1. The molecule has 0 saturated carbocycles. The fourth-order valence-corrected chi connectivity index (χ4v) is 3.39. The van der Waals surface area contributed by atoms with E-state index in [2.05, 4.69) is 26.0 Å². The highest BCUT2D eigenvalue weighted by Crippen LogP contribution is 2.20. The number of hydrogen-bond acceptors (Lipinski definition) is 3. The van der Waals surface area contributed by atoms with E-state index in [9.17, 15) is 13.2 Å². The summed E-state index contributed by atoms with van der Waals surface area (Å²) in [6.07, 6.45) is 0. The molecule has 0 spiro atoms. The zero-order valence-electron chi connectivity index (χ0n) is 10.3. The lowest BCUT2D eigenvalue weighted by atomic mass is 10.2. The molecule has 0 aliphatic heterocycles. The van der Waals surface area contributed by atoms with Crippen molar-refractivity contribution in [3.05, 3.63) is 28.2 Å². The number of hydrogen-bond donors (Lipinski definition) is 2. The number of sulfonamides is 1. The summed E-state index contributed by atoms with van der Waals surface area (Å²) in [5.74, 6) is -0.381. The van der Waals surface area contributed by atoms with Crippen LogP contribution in [0.5, 0.6) is 0 Å². The Balaban J connectivity index is 3.04. The molecule has 0 heterocycles. The van der Waals surface area contributed by atoms with Crippen molar-refractivity contribution in [2.75, 3.05) is 7.05 Å². The molecule has 100 valence electrons. The van der Waals surface area contributed by atoms with E-state index >= 15 is 0 Å². The van der Waals surface area contributed by atoms with Crippen LogP contribution in [-0.4, -0.2) is 27.4 Å². The monoisotopic (exact) mass is 334 g/mol. The summed E-state index contributed by atoms with van der Waals surface area (Å²) in [6.45, 7) is 3.19. The Morgan fingerprint density at radius 2 is 2.00 bits per heavy atom. The van der Waals surface area contributed by atoms with E-state index in [-0.39, 0.29) is 10.8 Å². The second-order valence-corrected chi connectivity index (χ2v) is 6.47. The van der Waals surface area contributed by atoms with Crippen molar-refractivity contribution in [1.29, 1.82) is 0 Å². The quantitative estimate of drug-likeness (QED) is 0.867. The maximum Gasteiger partial charge on any atom is 0.241 e. The maximum absolute atomic E-state index is 12.1. The molecule has 0 fully saturated rings. The Bertz CT molecular complexity index is 557. The normalized spacial score (nSPS) is 13.1. The molecular formula is C11H15BrN2O3S. The number of aryl methyl sites for hydroxylation is 1. The number of nitrogens with one attached hydrogen (secondary N) is 2. The van der Waals surface area contributed by atoms with Gasteiger partial charge in [0.2, 0.25) is 15.9 Å². The van der Waals surface area contributed by atoms with E-state index in [0.29, 0.717) is 5.56 Å². The molecule has 2 N–H and O–H groups in total. The van der Waals surface area contributed by atoms with Crippen LogP contribution in [0, 0.1) is 6.92 Å². The smallest absolute Gasteiger partial charge is 0.241 e. The number of likely N-dealkylation sites (N-methyl/N-ethyl adjacent to an activating group) is 1. The van der Waals surface area contributed by atoms with E-state index in [1.165, 1.54) is 20.0 Å². The van der Waals surface area contributed by atoms with Gasteiger partial charge in [-0.3, -0.25) is 4.79 Å². The van der Waals surface area contributed by atoms with Gasteiger partial charge in [-0.1, -0.05) is 15.9 Å². The molecule has 5 nitrogen and oxygen atoms in total. The standard InChI is InChI=1S/C11H15BrN2O3S/c1-7-6-9(12)4-5-10(7)18(16,17)14-8(2)11(15)13-3/h4-6,8,14H,1-3H3,(H,13,15)/t8-/m1/s1. The lowest BCUT2D eigenvalue weighted by Gasteiger charge is -2.14. The molecule has 1 amide bonds. The number of carbonyl (C=O) groups excluding carboxylic acids is 1. The van der Waals surface area contributed by atoms with Gasteiger partial charge in [0, 0.05) is 11.5 Å². The highest BCUT2D eigenvalue weighted by Gasteiger charge is 2.22. The third kappa shape index (κ3) is 3.54. The van der Waals surface area contributed by atoms with Crippen LogP contribution in [0.2, 0.25) is 0 Å². The molecule has 0 saturated heterocycles. The number of rotatable bonds is 4. The molecule has 0 aliphatic carbocycles. The van der Waals surface area contributed by atoms with Crippen LogP contribution in [-0.2, 0) is 14.8 Å². The van der Waals surface area contributed by atoms with Crippen molar-refractivity contribution in [3.8, 4) is 0 Å². The van der Waals surface area contributed by atoms with E-state index in [1.807, 2.05) is 0 Å². The molecule has 1 atom stereocenters. The average Bonchev–Trinajstić information content (AvgIpc) is 2.26. The van der Waals surface area contributed by atoms with E-state index < -0.39 is 16.1 Å². The van der Waals surface area contributed by atoms with E-state index in [1.54, 1.807) is 19.1 Å². The lowest BCUT2D eigenvalue weighted by molar-refractivity contribution is -0.121. The SMILES string of the molecule is CNC(=O)[C@@H](C)NS(=O)(=O)c1ccc(Br)cc1C. The van der Waals surface area contributed by atoms with E-state index in [4.69, 9.17) is 0 Å². The van der Waals surface area contributed by atoms with Gasteiger partial charge in [0.25, 0.3) is 0 Å². The van der Waals surface area contributed by atoms with Crippen molar-refractivity contribution < 1.29 is 13.2 Å². The third-order valence-electron chi connectivity index (χ3n) is 2.40. The Morgan fingerprint density at radius 1 is 1.39 bits per heavy atom. The Labute approximate surface area is 115 Å². The molecule has 0 aromatic heterocycles. The molecule has 7 heteroatoms. The molecule has 0 aliphatic rings. The fourth-order valence-electron chi connectivity index (χ4n) is 1.48. The van der Waals surface area contributed by atoms with Gasteiger partial charge in [-0.15, -0.1) is 0 Å². The molecule has 18 heavy (non-hydrogen) atoms. The van der Waals surface area contributed by atoms with Crippen LogP contribution < -0.4 is 10.0 Å². The first-order valence-corrected chi connectivity index (χ1v) is 7.55. The van der Waals surface area contributed by atoms with E-state index in [0.717, 1.165) is 4.47 Å². The van der Waals surface area contributed by atoms with Gasteiger partial charge in [0.15, 0.2) is 0 Å². The Morgan fingerprint density at radius 3 is 2.50 bits per heavy atom. The Hall–Kier alpha value is -0.920. The van der Waals surface area contributed by atoms with Crippen LogP contribution >= 0.6 is 15.9 Å². The van der Waals surface area contributed by atoms with Crippen molar-refractivity contribution in [2.24, 2.45) is 0 Å². The molecule has 0 radical (unpaired) electrons. The molecule has 0 unspecified atom stereocenters. The summed E-state index contributed by atoms with van der Waals surface area (Å²) in [6, 6.07) is 4.03. The van der Waals surface area contributed by atoms with Gasteiger partial charge in [-0.05, 0) is 37.6 Å². The fraction of sp³-hybridized carbons (Fsp3) is 0.364. The largest absolute Gasteiger partial charge is 0.358 e. The topological polar surface area (TPSA) is 75.3 Å². The van der Waals surface area contributed by atoms with Crippen LogP contribution in [0.25, 0.3) is 0 Å². The van der Waals surface area contributed by atoms with Crippen LogP contribution in [0.3, 0.4) is 0 Å². The summed E-state index contributed by atoms with van der Waals surface area (Å²) in [4.78, 5) is 11.5. The highest BCUT2D eigenvalue weighted by molar-refractivity contribution is 9.10. The predicted octanol–water partition coefficient (Wildman–Crippen LogP) is 1.17. The number of carbonyl (C=O) groups is 1. The minimum atomic E-state index is -3.69. The van der Waals surface area contributed by atoms with Gasteiger partial charge < -0.3 is 5.32 Å². The first kappa shape index (κ1) is 15.1. The molecule has 1 aromatic rings. The second kappa shape index (κ2) is 5.81. The first-order valence-electron chi connectivity index (χ1n) is 5.28. The van der Waals surface area contributed by atoms with Gasteiger partial charge in [0.1, 0.15) is 0 Å². The van der Waals surface area contributed by atoms with Crippen molar-refractivity contribution in [3.63, 3.8) is 0 Å². The summed E-state index contributed by atoms with van der Waals surface area (Å²) >= 11 is 3.27. The lowest BCUT2D eigenvalue weighted by Crippen LogP contribution is -2.43. The van der Waals surface area contributed by atoms with Crippen molar-refractivity contribution in [2.45, 2.75) is 24.8 Å². The minimum Gasteiger partial charge on any atom is -0.358 e. The van der Waals surface area contributed by atoms with Crippen LogP contribution in [0.15, 0.2) is 27.6 Å². The zero-order chi connectivity index (χ0) is 13.9. The third-order valence-corrected chi connectivity index (χ3v) is 4.59. The summed E-state index contributed by atoms with van der Waals surface area (Å²) in [5, 5.41) is 2.39. The average molecular weight is 335 g/mol. The zero-order valence-corrected chi connectivity index (χ0v) is 12.7. The molecule has 0 bridgehead atoms. The summed E-state index contributed by atoms with van der Waals surface area (Å²) < 4.78 is 27.3.